The summed E-state index contributed by atoms with van der Waals surface area (Å²) < 4.78 is 11.2. The van der Waals surface area contributed by atoms with Gasteiger partial charge in [-0.25, -0.2) is 9.80 Å². The molecule has 5 rings (SSSR count). The zero-order valence-electron chi connectivity index (χ0n) is 19.0. The summed E-state index contributed by atoms with van der Waals surface area (Å²) in [6, 6.07) is 23.5. The van der Waals surface area contributed by atoms with Gasteiger partial charge < -0.3 is 14.8 Å². The third-order valence-corrected chi connectivity index (χ3v) is 5.93. The summed E-state index contributed by atoms with van der Waals surface area (Å²) in [5.74, 6) is 1.67. The Hall–Kier alpha value is -3.93. The standard InChI is InChI=1S/C27H27N3O3/c1-27(2)16-20-15-21(11-14-24(20)33-27)28-26(31)30-17-23(18-7-5-4-6-8-18)25(29-30)19-9-12-22(32-3)13-10-19/h4-15,29H,16-17H2,1-3H3,(H,28,31). The molecule has 3 aromatic carbocycles. The van der Waals surface area contributed by atoms with E-state index in [1.807, 2.05) is 60.7 Å². The minimum absolute atomic E-state index is 0.218. The van der Waals surface area contributed by atoms with Gasteiger partial charge in [-0.05, 0) is 61.9 Å². The molecule has 0 saturated carbocycles. The zero-order chi connectivity index (χ0) is 23.0. The Kier molecular flexibility index (Phi) is 5.21. The van der Waals surface area contributed by atoms with Crippen LogP contribution in [0.25, 0.3) is 11.3 Å². The third-order valence-electron chi connectivity index (χ3n) is 5.93. The summed E-state index contributed by atoms with van der Waals surface area (Å²) >= 11 is 0. The van der Waals surface area contributed by atoms with E-state index >= 15 is 0 Å². The number of hydrogen-bond donors (Lipinski definition) is 2. The van der Waals surface area contributed by atoms with Crippen LogP contribution in [0.4, 0.5) is 10.5 Å². The van der Waals surface area contributed by atoms with E-state index < -0.39 is 0 Å². The number of carbonyl (C=O) groups is 1. The van der Waals surface area contributed by atoms with Gasteiger partial charge in [0, 0.05) is 28.8 Å². The van der Waals surface area contributed by atoms with Crippen molar-refractivity contribution in [1.29, 1.82) is 0 Å². The normalized spacial score (nSPS) is 16.2. The number of ether oxygens (including phenoxy) is 2. The molecule has 0 aliphatic carbocycles. The molecule has 0 fully saturated rings. The van der Waals surface area contributed by atoms with E-state index in [1.165, 1.54) is 0 Å². The van der Waals surface area contributed by atoms with Crippen molar-refractivity contribution < 1.29 is 14.3 Å². The molecular weight excluding hydrogens is 414 g/mol. The lowest BCUT2D eigenvalue weighted by Crippen LogP contribution is -2.40. The van der Waals surface area contributed by atoms with Gasteiger partial charge >= 0.3 is 6.03 Å². The van der Waals surface area contributed by atoms with Crippen LogP contribution in [0, 0.1) is 0 Å². The summed E-state index contributed by atoms with van der Waals surface area (Å²) in [7, 11) is 1.65. The van der Waals surface area contributed by atoms with Crippen molar-refractivity contribution in [1.82, 2.24) is 10.4 Å². The van der Waals surface area contributed by atoms with E-state index in [0.29, 0.717) is 6.54 Å². The highest BCUT2D eigenvalue weighted by Gasteiger charge is 2.31. The Morgan fingerprint density at radius 2 is 1.79 bits per heavy atom. The molecule has 0 atom stereocenters. The summed E-state index contributed by atoms with van der Waals surface area (Å²) in [6.07, 6.45) is 0.815. The van der Waals surface area contributed by atoms with E-state index in [2.05, 4.69) is 36.7 Å². The Balaban J connectivity index is 1.38. The van der Waals surface area contributed by atoms with Crippen LogP contribution in [0.2, 0.25) is 0 Å². The number of carbonyl (C=O) groups excluding carboxylic acids is 1. The maximum atomic E-state index is 13.2. The summed E-state index contributed by atoms with van der Waals surface area (Å²) in [4.78, 5) is 13.2. The number of urea groups is 1. The van der Waals surface area contributed by atoms with Crippen molar-refractivity contribution in [3.8, 4) is 11.5 Å². The monoisotopic (exact) mass is 441 g/mol. The molecule has 2 amide bonds. The second-order valence-corrected chi connectivity index (χ2v) is 8.94. The number of methoxy groups -OCH3 is 1. The predicted octanol–water partition coefficient (Wildman–Crippen LogP) is 5.33. The molecular formula is C27H27N3O3. The van der Waals surface area contributed by atoms with Crippen molar-refractivity contribution in [2.24, 2.45) is 0 Å². The summed E-state index contributed by atoms with van der Waals surface area (Å²) in [5, 5.41) is 4.63. The van der Waals surface area contributed by atoms with Crippen molar-refractivity contribution in [2.75, 3.05) is 19.0 Å². The molecule has 0 aromatic heterocycles. The molecule has 2 heterocycles. The first-order chi connectivity index (χ1) is 15.9. The van der Waals surface area contributed by atoms with E-state index in [4.69, 9.17) is 9.47 Å². The summed E-state index contributed by atoms with van der Waals surface area (Å²) in [6.45, 7) is 4.58. The minimum atomic E-state index is -0.219. The van der Waals surface area contributed by atoms with Crippen LogP contribution in [-0.2, 0) is 6.42 Å². The molecule has 0 spiro atoms. The molecule has 6 nitrogen and oxygen atoms in total. The average Bonchev–Trinajstić information content (AvgIpc) is 3.39. The van der Waals surface area contributed by atoms with E-state index in [-0.39, 0.29) is 11.6 Å². The Morgan fingerprint density at radius 3 is 2.52 bits per heavy atom. The Labute approximate surface area is 193 Å². The van der Waals surface area contributed by atoms with Gasteiger partial charge in [-0.1, -0.05) is 30.3 Å². The van der Waals surface area contributed by atoms with Crippen LogP contribution in [0.1, 0.15) is 30.5 Å². The second kappa shape index (κ2) is 8.20. The smallest absolute Gasteiger partial charge is 0.340 e. The van der Waals surface area contributed by atoms with Gasteiger partial charge in [-0.15, -0.1) is 0 Å². The number of nitrogens with zero attached hydrogens (tertiary/aromatic N) is 1. The maximum Gasteiger partial charge on any atom is 0.340 e. The van der Waals surface area contributed by atoms with Crippen LogP contribution in [0.5, 0.6) is 11.5 Å². The quantitative estimate of drug-likeness (QED) is 0.575. The number of hydrazine groups is 1. The highest BCUT2D eigenvalue weighted by Crippen LogP contribution is 2.36. The van der Waals surface area contributed by atoms with Gasteiger partial charge in [-0.2, -0.15) is 0 Å². The molecule has 0 radical (unpaired) electrons. The highest BCUT2D eigenvalue weighted by molar-refractivity contribution is 5.98. The van der Waals surface area contributed by atoms with Gasteiger partial charge in [0.25, 0.3) is 0 Å². The number of fused-ring (bicyclic) bond motifs is 1. The van der Waals surface area contributed by atoms with E-state index in [0.717, 1.165) is 51.6 Å². The highest BCUT2D eigenvalue weighted by atomic mass is 16.5. The van der Waals surface area contributed by atoms with Gasteiger partial charge in [0.15, 0.2) is 0 Å². The molecule has 0 unspecified atom stereocenters. The average molecular weight is 442 g/mol. The first-order valence-corrected chi connectivity index (χ1v) is 11.0. The summed E-state index contributed by atoms with van der Waals surface area (Å²) in [5.41, 5.74) is 8.97. The number of benzene rings is 3. The van der Waals surface area contributed by atoms with Crippen LogP contribution in [0.15, 0.2) is 72.8 Å². The van der Waals surface area contributed by atoms with Crippen LogP contribution in [0.3, 0.4) is 0 Å². The number of nitrogens with one attached hydrogen (secondary N) is 2. The lowest BCUT2D eigenvalue weighted by Gasteiger charge is -2.19. The molecule has 2 aliphatic rings. The fraction of sp³-hybridized carbons (Fsp3) is 0.222. The Morgan fingerprint density at radius 1 is 1.03 bits per heavy atom. The molecule has 2 aliphatic heterocycles. The molecule has 3 aromatic rings. The fourth-order valence-corrected chi connectivity index (χ4v) is 4.35. The van der Waals surface area contributed by atoms with E-state index in [1.54, 1.807) is 12.1 Å². The van der Waals surface area contributed by atoms with E-state index in [9.17, 15) is 4.79 Å². The Bertz CT molecular complexity index is 1220. The van der Waals surface area contributed by atoms with Crippen molar-refractivity contribution in [3.05, 3.63) is 89.5 Å². The molecule has 2 N–H and O–H groups in total. The van der Waals surface area contributed by atoms with Crippen molar-refractivity contribution in [3.63, 3.8) is 0 Å². The second-order valence-electron chi connectivity index (χ2n) is 8.94. The maximum absolute atomic E-state index is 13.2. The zero-order valence-corrected chi connectivity index (χ0v) is 19.0. The molecule has 33 heavy (non-hydrogen) atoms. The SMILES string of the molecule is COc1ccc(C2=C(c3ccccc3)CN(C(=O)Nc3ccc4c(c3)CC(C)(C)O4)N2)cc1. The molecule has 0 saturated heterocycles. The predicted molar refractivity (Wildman–Crippen MR) is 130 cm³/mol. The first-order valence-electron chi connectivity index (χ1n) is 11.0. The van der Waals surface area contributed by atoms with Gasteiger partial charge in [0.1, 0.15) is 17.1 Å². The number of hydrogen-bond acceptors (Lipinski definition) is 4. The first kappa shape index (κ1) is 20.9. The molecule has 168 valence electrons. The van der Waals surface area contributed by atoms with Gasteiger partial charge in [0.2, 0.25) is 0 Å². The van der Waals surface area contributed by atoms with Crippen LogP contribution >= 0.6 is 0 Å². The van der Waals surface area contributed by atoms with Gasteiger partial charge in [0.05, 0.1) is 19.4 Å². The molecule has 6 heteroatoms. The fourth-order valence-electron chi connectivity index (χ4n) is 4.35. The van der Waals surface area contributed by atoms with Gasteiger partial charge in [-0.3, -0.25) is 5.43 Å². The lowest BCUT2D eigenvalue weighted by molar-refractivity contribution is 0.138. The molecule has 0 bridgehead atoms. The van der Waals surface area contributed by atoms with Crippen molar-refractivity contribution in [2.45, 2.75) is 25.9 Å². The van der Waals surface area contributed by atoms with Crippen molar-refractivity contribution >= 4 is 23.0 Å². The minimum Gasteiger partial charge on any atom is -0.497 e. The lowest BCUT2D eigenvalue weighted by atomic mass is 10.0. The number of rotatable bonds is 4. The number of amides is 2. The van der Waals surface area contributed by atoms with Crippen LogP contribution in [-0.4, -0.2) is 30.3 Å². The topological polar surface area (TPSA) is 62.8 Å². The number of anilines is 1. The third kappa shape index (κ3) is 4.24. The largest absolute Gasteiger partial charge is 0.497 e. The van der Waals surface area contributed by atoms with Crippen LogP contribution < -0.4 is 20.2 Å².